The van der Waals surface area contributed by atoms with Crippen LogP contribution in [-0.4, -0.2) is 65.8 Å². The predicted octanol–water partition coefficient (Wildman–Crippen LogP) is 3.17. The highest BCUT2D eigenvalue weighted by atomic mass is 35.5. The van der Waals surface area contributed by atoms with Crippen molar-refractivity contribution < 1.29 is 22.6 Å². The average Bonchev–Trinajstić information content (AvgIpc) is 3.52. The van der Waals surface area contributed by atoms with Gasteiger partial charge in [0, 0.05) is 30.8 Å². The summed E-state index contributed by atoms with van der Waals surface area (Å²) in [5, 5.41) is 8.02. The summed E-state index contributed by atoms with van der Waals surface area (Å²) >= 11 is 5.87. The molecule has 188 valence electrons. The lowest BCUT2D eigenvalue weighted by Crippen LogP contribution is -2.31. The molecule has 1 aliphatic heterocycles. The fourth-order valence-electron chi connectivity index (χ4n) is 3.89. The lowest BCUT2D eigenvalue weighted by Gasteiger charge is -2.22. The molecule has 1 aromatic carbocycles. The van der Waals surface area contributed by atoms with Crippen LogP contribution in [0.4, 0.5) is 5.95 Å². The predicted molar refractivity (Wildman–Crippen MR) is 130 cm³/mol. The molecular formula is C22H27ClN6O5S. The first-order valence-electron chi connectivity index (χ1n) is 11.0. The van der Waals surface area contributed by atoms with Gasteiger partial charge in [0.05, 0.1) is 31.1 Å². The van der Waals surface area contributed by atoms with Gasteiger partial charge in [-0.1, -0.05) is 24.6 Å². The number of nitrogens with one attached hydrogen (secondary N) is 1. The quantitative estimate of drug-likeness (QED) is 0.450. The Morgan fingerprint density at radius 3 is 2.37 bits per heavy atom. The van der Waals surface area contributed by atoms with Crippen molar-refractivity contribution in [2.24, 2.45) is 0 Å². The number of halogens is 1. The Kier molecular flexibility index (Phi) is 7.43. The molecule has 1 N–H and O–H groups in total. The molecule has 3 atom stereocenters. The van der Waals surface area contributed by atoms with Crippen molar-refractivity contribution in [1.29, 1.82) is 0 Å². The highest BCUT2D eigenvalue weighted by molar-refractivity contribution is 7.93. The zero-order valence-corrected chi connectivity index (χ0v) is 21.4. The van der Waals surface area contributed by atoms with Gasteiger partial charge in [-0.3, -0.25) is 9.29 Å². The molecule has 4 rings (SSSR count). The van der Waals surface area contributed by atoms with Gasteiger partial charge in [-0.15, -0.1) is 10.2 Å². The highest BCUT2D eigenvalue weighted by Crippen LogP contribution is 2.38. The van der Waals surface area contributed by atoms with Crippen LogP contribution in [0.3, 0.4) is 0 Å². The zero-order valence-electron chi connectivity index (χ0n) is 19.8. The van der Waals surface area contributed by atoms with Gasteiger partial charge in [-0.25, -0.2) is 18.4 Å². The van der Waals surface area contributed by atoms with Gasteiger partial charge in [-0.2, -0.15) is 0 Å². The second-order valence-electron chi connectivity index (χ2n) is 8.19. The molecule has 1 fully saturated rings. The number of para-hydroxylation sites is 1. The summed E-state index contributed by atoms with van der Waals surface area (Å²) in [5.41, 5.74) is 0.490. The van der Waals surface area contributed by atoms with Gasteiger partial charge < -0.3 is 14.2 Å². The lowest BCUT2D eigenvalue weighted by atomic mass is 10.1. The van der Waals surface area contributed by atoms with E-state index in [1.54, 1.807) is 36.6 Å². The number of aromatic nitrogens is 5. The van der Waals surface area contributed by atoms with Gasteiger partial charge in [0.25, 0.3) is 0 Å². The van der Waals surface area contributed by atoms with Gasteiger partial charge in [-0.05, 0) is 25.5 Å². The molecule has 0 aliphatic carbocycles. The zero-order chi connectivity index (χ0) is 25.2. The smallest absolute Gasteiger partial charge is 0.243 e. The van der Waals surface area contributed by atoms with Crippen molar-refractivity contribution in [1.82, 2.24) is 24.7 Å². The molecule has 0 bridgehead atoms. The van der Waals surface area contributed by atoms with Crippen LogP contribution >= 0.6 is 11.6 Å². The van der Waals surface area contributed by atoms with Crippen LogP contribution in [0.1, 0.15) is 43.8 Å². The molecule has 13 heteroatoms. The van der Waals surface area contributed by atoms with E-state index in [9.17, 15) is 8.42 Å². The molecule has 3 heterocycles. The Bertz CT molecular complexity index is 1260. The molecule has 0 saturated carbocycles. The number of sulfonamides is 1. The summed E-state index contributed by atoms with van der Waals surface area (Å²) in [4.78, 5) is 8.34. The maximum atomic E-state index is 13.4. The molecule has 2 unspecified atom stereocenters. The Morgan fingerprint density at radius 2 is 1.80 bits per heavy atom. The van der Waals surface area contributed by atoms with Crippen molar-refractivity contribution in [3.63, 3.8) is 0 Å². The number of hydrogen-bond acceptors (Lipinski definition) is 9. The van der Waals surface area contributed by atoms with Crippen molar-refractivity contribution in [3.05, 3.63) is 47.3 Å². The first-order chi connectivity index (χ1) is 16.8. The van der Waals surface area contributed by atoms with Gasteiger partial charge in [0.1, 0.15) is 28.8 Å². The Balaban J connectivity index is 1.76. The van der Waals surface area contributed by atoms with E-state index in [1.165, 1.54) is 26.6 Å². The Hall–Kier alpha value is -2.96. The first kappa shape index (κ1) is 25.1. The molecule has 11 nitrogen and oxygen atoms in total. The van der Waals surface area contributed by atoms with Gasteiger partial charge in [0.2, 0.25) is 16.0 Å². The third-order valence-corrected chi connectivity index (χ3v) is 8.13. The molecular weight excluding hydrogens is 496 g/mol. The van der Waals surface area contributed by atoms with Gasteiger partial charge in [0.15, 0.2) is 0 Å². The van der Waals surface area contributed by atoms with Crippen LogP contribution in [0.5, 0.6) is 11.5 Å². The molecule has 2 aromatic heterocycles. The van der Waals surface area contributed by atoms with E-state index in [-0.39, 0.29) is 11.9 Å². The first-order valence-corrected chi connectivity index (χ1v) is 12.9. The van der Waals surface area contributed by atoms with Crippen LogP contribution in [0, 0.1) is 0 Å². The Labute approximate surface area is 208 Å². The number of anilines is 1. The number of nitrogens with zero attached hydrogens (tertiary/aromatic N) is 5. The number of ether oxygens (including phenoxy) is 3. The van der Waals surface area contributed by atoms with Crippen LogP contribution in [-0.2, 0) is 14.8 Å². The third kappa shape index (κ3) is 5.04. The van der Waals surface area contributed by atoms with E-state index < -0.39 is 21.2 Å². The van der Waals surface area contributed by atoms with E-state index in [4.69, 9.17) is 25.8 Å². The fourth-order valence-corrected chi connectivity index (χ4v) is 5.22. The minimum Gasteiger partial charge on any atom is -0.494 e. The maximum absolute atomic E-state index is 13.4. The molecule has 1 saturated heterocycles. The summed E-state index contributed by atoms with van der Waals surface area (Å²) in [7, 11) is -0.893. The van der Waals surface area contributed by atoms with Crippen molar-refractivity contribution in [3.8, 4) is 17.2 Å². The number of hydrogen-bond donors (Lipinski definition) is 1. The van der Waals surface area contributed by atoms with Crippen molar-refractivity contribution in [2.45, 2.75) is 37.4 Å². The van der Waals surface area contributed by atoms with E-state index in [0.717, 1.165) is 6.42 Å². The van der Waals surface area contributed by atoms with Crippen LogP contribution in [0.25, 0.3) is 5.69 Å². The SMILES string of the molecule is COc1cccc(OC)c1-n1c(NS(=O)(=O)C(C)C(C)c2ncc(Cl)cn2)nnc1[C@@H]1CCOC1. The molecule has 0 radical (unpaired) electrons. The number of benzene rings is 1. The van der Waals surface area contributed by atoms with E-state index >= 15 is 0 Å². The molecule has 0 amide bonds. The highest BCUT2D eigenvalue weighted by Gasteiger charge is 2.34. The summed E-state index contributed by atoms with van der Waals surface area (Å²) < 4.78 is 47.8. The molecule has 35 heavy (non-hydrogen) atoms. The fraction of sp³-hybridized carbons (Fsp3) is 0.455. The standard InChI is InChI=1S/C22H27ClN6O5S/c1-13(20-24-10-16(23)11-25-20)14(2)35(30,31)28-22-27-26-21(15-8-9-34-12-15)29(22)19-17(32-3)6-5-7-18(19)33-4/h5-7,10-11,13-15H,8-9,12H2,1-4H3,(H,27,28)/t13?,14?,15-/m1/s1. The molecule has 0 spiro atoms. The minimum atomic E-state index is -3.95. The Morgan fingerprint density at radius 1 is 1.14 bits per heavy atom. The van der Waals surface area contributed by atoms with Gasteiger partial charge >= 0.3 is 0 Å². The summed E-state index contributed by atoms with van der Waals surface area (Å²) in [6, 6.07) is 5.30. The van der Waals surface area contributed by atoms with Crippen LogP contribution in [0.15, 0.2) is 30.6 Å². The minimum absolute atomic E-state index is 0.0192. The van der Waals surface area contributed by atoms with Crippen LogP contribution in [0.2, 0.25) is 5.02 Å². The normalized spacial score (nSPS) is 17.7. The lowest BCUT2D eigenvalue weighted by molar-refractivity contribution is 0.193. The molecule has 1 aliphatic rings. The van der Waals surface area contributed by atoms with E-state index in [1.807, 2.05) is 0 Å². The third-order valence-electron chi connectivity index (χ3n) is 6.08. The second-order valence-corrected chi connectivity index (χ2v) is 10.7. The van der Waals surface area contributed by atoms with E-state index in [2.05, 4.69) is 24.9 Å². The topological polar surface area (TPSA) is 130 Å². The van der Waals surface area contributed by atoms with Crippen LogP contribution < -0.4 is 14.2 Å². The monoisotopic (exact) mass is 522 g/mol. The summed E-state index contributed by atoms with van der Waals surface area (Å²) in [5.74, 6) is 1.28. The summed E-state index contributed by atoms with van der Waals surface area (Å²) in [6.07, 6.45) is 3.60. The number of rotatable bonds is 9. The summed E-state index contributed by atoms with van der Waals surface area (Å²) in [6.45, 7) is 4.35. The van der Waals surface area contributed by atoms with E-state index in [0.29, 0.717) is 47.1 Å². The number of methoxy groups -OCH3 is 2. The van der Waals surface area contributed by atoms with Crippen molar-refractivity contribution >= 4 is 27.6 Å². The largest absolute Gasteiger partial charge is 0.494 e. The molecule has 3 aromatic rings. The second kappa shape index (κ2) is 10.3. The average molecular weight is 523 g/mol. The maximum Gasteiger partial charge on any atom is 0.243 e. The van der Waals surface area contributed by atoms with Crippen molar-refractivity contribution in [2.75, 3.05) is 32.2 Å².